The number of carboxylic acids is 1. The fourth-order valence-electron chi connectivity index (χ4n) is 2.84. The van der Waals surface area contributed by atoms with Crippen molar-refractivity contribution in [2.75, 3.05) is 0 Å². The molecule has 0 saturated carbocycles. The monoisotopic (exact) mass is 406 g/mol. The van der Waals surface area contributed by atoms with Gasteiger partial charge in [-0.05, 0) is 35.7 Å². The second kappa shape index (κ2) is 9.48. The Kier molecular flexibility index (Phi) is 6.56. The Balaban J connectivity index is 1.62. The van der Waals surface area contributed by atoms with Gasteiger partial charge < -0.3 is 26.5 Å². The predicted molar refractivity (Wildman–Crippen MR) is 112 cm³/mol. The van der Waals surface area contributed by atoms with Gasteiger partial charge in [0.25, 0.3) is 5.91 Å². The molecule has 0 fully saturated rings. The van der Waals surface area contributed by atoms with Crippen LogP contribution in [0.25, 0.3) is 5.69 Å². The largest absolute Gasteiger partial charge is 0.480 e. The molecule has 1 aromatic heterocycles. The summed E-state index contributed by atoms with van der Waals surface area (Å²) < 4.78 is 1.88. The van der Waals surface area contributed by atoms with Crippen molar-refractivity contribution in [3.8, 4) is 5.69 Å². The van der Waals surface area contributed by atoms with E-state index >= 15 is 0 Å². The Bertz CT molecular complexity index is 1040. The summed E-state index contributed by atoms with van der Waals surface area (Å²) in [4.78, 5) is 31.1. The number of benzene rings is 2. The summed E-state index contributed by atoms with van der Waals surface area (Å²) in [5, 5.41) is 11.8. The van der Waals surface area contributed by atoms with E-state index in [1.165, 1.54) is 0 Å². The molecule has 0 saturated heterocycles. The first-order valence-electron chi connectivity index (χ1n) is 9.20. The molecule has 1 heterocycles. The van der Waals surface area contributed by atoms with Gasteiger partial charge in [0, 0.05) is 24.5 Å². The highest BCUT2D eigenvalue weighted by atomic mass is 16.4. The summed E-state index contributed by atoms with van der Waals surface area (Å²) in [7, 11) is 0. The van der Waals surface area contributed by atoms with Crippen LogP contribution in [-0.2, 0) is 17.8 Å². The van der Waals surface area contributed by atoms with E-state index in [0.29, 0.717) is 17.7 Å². The maximum atomic E-state index is 12.3. The number of imidazole rings is 1. The van der Waals surface area contributed by atoms with Crippen molar-refractivity contribution in [2.45, 2.75) is 19.0 Å². The lowest BCUT2D eigenvalue weighted by atomic mass is 10.0. The molecule has 9 heteroatoms. The number of aliphatic imine (C=N–C) groups is 1. The number of hydrogen-bond donors (Lipinski definition) is 4. The minimum absolute atomic E-state index is 0.00240. The molecule has 0 aliphatic rings. The molecule has 2 aromatic carbocycles. The van der Waals surface area contributed by atoms with E-state index in [4.69, 9.17) is 16.6 Å². The summed E-state index contributed by atoms with van der Waals surface area (Å²) in [6.45, 7) is 0.378. The maximum Gasteiger partial charge on any atom is 0.320 e. The molecule has 0 bridgehead atoms. The van der Waals surface area contributed by atoms with E-state index in [9.17, 15) is 9.59 Å². The smallest absolute Gasteiger partial charge is 0.320 e. The van der Waals surface area contributed by atoms with E-state index in [2.05, 4.69) is 15.3 Å². The van der Waals surface area contributed by atoms with Crippen LogP contribution in [0.2, 0.25) is 0 Å². The molecule has 0 radical (unpaired) electrons. The van der Waals surface area contributed by atoms with Crippen LogP contribution in [0.4, 0.5) is 0 Å². The summed E-state index contributed by atoms with van der Waals surface area (Å²) >= 11 is 0. The molecule has 6 N–H and O–H groups in total. The number of hydrogen-bond acceptors (Lipinski definition) is 4. The van der Waals surface area contributed by atoms with E-state index < -0.39 is 17.9 Å². The Morgan fingerprint density at radius 3 is 2.57 bits per heavy atom. The molecular weight excluding hydrogens is 384 g/mol. The van der Waals surface area contributed by atoms with Gasteiger partial charge in [-0.15, -0.1) is 0 Å². The minimum atomic E-state index is -1.08. The van der Waals surface area contributed by atoms with Gasteiger partial charge in [-0.25, -0.2) is 4.98 Å². The fraction of sp³-hybridized carbons (Fsp3) is 0.143. The zero-order chi connectivity index (χ0) is 21.5. The number of aromatic nitrogens is 2. The van der Waals surface area contributed by atoms with Gasteiger partial charge >= 0.3 is 5.97 Å². The van der Waals surface area contributed by atoms with E-state index in [1.54, 1.807) is 36.8 Å². The Morgan fingerprint density at radius 2 is 1.90 bits per heavy atom. The van der Waals surface area contributed by atoms with Gasteiger partial charge in [-0.3, -0.25) is 9.59 Å². The molecule has 0 aliphatic heterocycles. The van der Waals surface area contributed by atoms with Gasteiger partial charge in [-0.2, -0.15) is 4.99 Å². The summed E-state index contributed by atoms with van der Waals surface area (Å²) in [5.74, 6) is -1.58. The molecule has 9 nitrogen and oxygen atoms in total. The molecule has 1 atom stereocenters. The van der Waals surface area contributed by atoms with Gasteiger partial charge in [0.1, 0.15) is 6.04 Å². The first-order chi connectivity index (χ1) is 14.4. The number of nitrogens with one attached hydrogen (secondary N) is 1. The van der Waals surface area contributed by atoms with Crippen molar-refractivity contribution in [3.05, 3.63) is 83.9 Å². The normalized spacial score (nSPS) is 12.4. The van der Waals surface area contributed by atoms with Gasteiger partial charge in [0.15, 0.2) is 5.96 Å². The number of carbonyl (C=O) groups excluding carboxylic acids is 1. The zero-order valence-corrected chi connectivity index (χ0v) is 16.1. The third-order valence-corrected chi connectivity index (χ3v) is 4.43. The van der Waals surface area contributed by atoms with Crippen LogP contribution in [-0.4, -0.2) is 38.5 Å². The van der Waals surface area contributed by atoms with Crippen LogP contribution in [0.1, 0.15) is 21.5 Å². The number of rotatable bonds is 7. The van der Waals surface area contributed by atoms with Gasteiger partial charge in [-0.1, -0.05) is 30.3 Å². The third-order valence-electron chi connectivity index (χ3n) is 4.43. The number of carbonyl (C=O) groups is 2. The molecule has 30 heavy (non-hydrogen) atoms. The van der Waals surface area contributed by atoms with E-state index in [0.717, 1.165) is 11.3 Å². The average molecular weight is 406 g/mol. The van der Waals surface area contributed by atoms with E-state index in [1.807, 2.05) is 35.0 Å². The number of aliphatic carboxylic acids is 1. The maximum absolute atomic E-state index is 12.3. The van der Waals surface area contributed by atoms with Gasteiger partial charge in [0.05, 0.1) is 12.0 Å². The van der Waals surface area contributed by atoms with Crippen LogP contribution in [0.15, 0.2) is 72.2 Å². The first kappa shape index (κ1) is 20.7. The molecular formula is C21H22N6O3. The number of para-hydroxylation sites is 1. The van der Waals surface area contributed by atoms with Crippen molar-refractivity contribution >= 4 is 17.8 Å². The number of guanidine groups is 1. The second-order valence-corrected chi connectivity index (χ2v) is 6.60. The summed E-state index contributed by atoms with van der Waals surface area (Å²) in [5.41, 5.74) is 14.3. The first-order valence-corrected chi connectivity index (χ1v) is 9.20. The summed E-state index contributed by atoms with van der Waals surface area (Å²) in [6, 6.07) is 13.2. The van der Waals surface area contributed by atoms with Crippen molar-refractivity contribution in [1.82, 2.24) is 14.9 Å². The molecule has 1 amide bonds. The molecule has 154 valence electrons. The Hall–Kier alpha value is -3.98. The third kappa shape index (κ3) is 5.30. The standard InChI is InChI=1S/C21H22N6O3/c22-17(20(29)30)11-14-5-7-15(8-6-14)19(28)26-21(23)25-12-16-3-1-2-4-18(16)27-10-9-24-13-27/h1-10,13,17H,11-12,22H2,(H,29,30)(H3,23,25,26,28)/t17-/m0/s1. The number of amides is 1. The molecule has 0 unspecified atom stereocenters. The second-order valence-electron chi connectivity index (χ2n) is 6.60. The Labute approximate surface area is 173 Å². The van der Waals surface area contributed by atoms with Crippen molar-refractivity contribution in [3.63, 3.8) is 0 Å². The van der Waals surface area contributed by atoms with E-state index in [-0.39, 0.29) is 12.4 Å². The molecule has 3 rings (SSSR count). The van der Waals surface area contributed by atoms with Crippen molar-refractivity contribution in [2.24, 2.45) is 16.5 Å². The number of nitrogens with zero attached hydrogens (tertiary/aromatic N) is 3. The van der Waals surface area contributed by atoms with Crippen LogP contribution in [0.3, 0.4) is 0 Å². The van der Waals surface area contributed by atoms with Crippen LogP contribution in [0, 0.1) is 0 Å². The fourth-order valence-corrected chi connectivity index (χ4v) is 2.84. The average Bonchev–Trinajstić information content (AvgIpc) is 3.27. The molecule has 0 aliphatic carbocycles. The minimum Gasteiger partial charge on any atom is -0.480 e. The number of nitrogens with two attached hydrogens (primary N) is 2. The van der Waals surface area contributed by atoms with Gasteiger partial charge in [0.2, 0.25) is 0 Å². The van der Waals surface area contributed by atoms with Crippen LogP contribution < -0.4 is 16.8 Å². The lowest BCUT2D eigenvalue weighted by Crippen LogP contribution is -2.32. The SMILES string of the molecule is N/C(=N\C(=O)c1ccc(C[C@H](N)C(=O)O)cc1)NCc1ccccc1-n1ccnc1. The summed E-state index contributed by atoms with van der Waals surface area (Å²) in [6.07, 6.45) is 5.41. The highest BCUT2D eigenvalue weighted by Gasteiger charge is 2.13. The van der Waals surface area contributed by atoms with Crippen molar-refractivity contribution < 1.29 is 14.7 Å². The quantitative estimate of drug-likeness (QED) is 0.339. The highest BCUT2D eigenvalue weighted by Crippen LogP contribution is 2.14. The highest BCUT2D eigenvalue weighted by molar-refractivity contribution is 6.02. The van der Waals surface area contributed by atoms with Crippen molar-refractivity contribution in [1.29, 1.82) is 0 Å². The van der Waals surface area contributed by atoms with Crippen LogP contribution in [0.5, 0.6) is 0 Å². The number of carboxylic acid groups (broad SMARTS) is 1. The zero-order valence-electron chi connectivity index (χ0n) is 16.1. The lowest BCUT2D eigenvalue weighted by molar-refractivity contribution is -0.138. The Morgan fingerprint density at radius 1 is 1.17 bits per heavy atom. The lowest BCUT2D eigenvalue weighted by Gasteiger charge is -2.11. The van der Waals surface area contributed by atoms with Crippen LogP contribution >= 0.6 is 0 Å². The predicted octanol–water partition coefficient (Wildman–Crippen LogP) is 1.07. The molecule has 0 spiro atoms. The topological polar surface area (TPSA) is 149 Å². The molecule has 3 aromatic rings.